The molecule has 7 nitrogen and oxygen atoms in total. The molecule has 0 unspecified atom stereocenters. The van der Waals surface area contributed by atoms with Crippen LogP contribution in [0.4, 0.5) is 20.6 Å². The maximum absolute atomic E-state index is 13.8. The molecule has 1 aromatic carbocycles. The van der Waals surface area contributed by atoms with Gasteiger partial charge in [0.15, 0.2) is 5.82 Å². The van der Waals surface area contributed by atoms with Crippen molar-refractivity contribution in [3.8, 4) is 0 Å². The van der Waals surface area contributed by atoms with Gasteiger partial charge in [0.05, 0.1) is 16.7 Å². The third kappa shape index (κ3) is 3.14. The van der Waals surface area contributed by atoms with E-state index in [1.807, 2.05) is 0 Å². The highest BCUT2D eigenvalue weighted by Gasteiger charge is 2.25. The number of nitrogens with one attached hydrogen (secondary N) is 1. The maximum Gasteiger partial charge on any atom is 0.404 e. The van der Waals surface area contributed by atoms with E-state index in [0.29, 0.717) is 25.3 Å². The molecule has 8 heteroatoms. The van der Waals surface area contributed by atoms with Gasteiger partial charge in [0.2, 0.25) is 0 Å². The first-order valence-corrected chi connectivity index (χ1v) is 6.13. The van der Waals surface area contributed by atoms with E-state index in [1.54, 1.807) is 4.90 Å². The molecular formula is C12H14FN3O4. The summed E-state index contributed by atoms with van der Waals surface area (Å²) < 4.78 is 13.8. The molecule has 0 saturated carbocycles. The number of non-ortho nitro benzene ring substituents is 1. The number of hydrogen-bond donors (Lipinski definition) is 2. The van der Waals surface area contributed by atoms with Crippen molar-refractivity contribution in [2.24, 2.45) is 5.92 Å². The Kier molecular flexibility index (Phi) is 4.02. The number of carbonyl (C=O) groups is 1. The predicted octanol–water partition coefficient (Wildman–Crippen LogP) is 1.83. The number of halogens is 1. The first-order valence-electron chi connectivity index (χ1n) is 6.13. The summed E-state index contributed by atoms with van der Waals surface area (Å²) in [6, 6.07) is 3.56. The Bertz CT molecular complexity index is 537. The van der Waals surface area contributed by atoms with Crippen LogP contribution in [0.3, 0.4) is 0 Å². The number of anilines is 1. The molecule has 108 valence electrons. The number of amides is 1. The Balaban J connectivity index is 2.03. The number of hydrogen-bond acceptors (Lipinski definition) is 4. The van der Waals surface area contributed by atoms with E-state index in [-0.39, 0.29) is 11.6 Å². The van der Waals surface area contributed by atoms with Gasteiger partial charge in [0.1, 0.15) is 0 Å². The smallest absolute Gasteiger partial charge is 0.404 e. The van der Waals surface area contributed by atoms with E-state index >= 15 is 0 Å². The molecule has 0 bridgehead atoms. The zero-order valence-electron chi connectivity index (χ0n) is 10.6. The number of carboxylic acid groups (broad SMARTS) is 1. The van der Waals surface area contributed by atoms with E-state index in [9.17, 15) is 19.3 Å². The minimum Gasteiger partial charge on any atom is -0.465 e. The van der Waals surface area contributed by atoms with Crippen molar-refractivity contribution in [1.82, 2.24) is 5.32 Å². The summed E-state index contributed by atoms with van der Waals surface area (Å²) in [5.41, 5.74) is 0.0305. The number of nitro groups is 1. The van der Waals surface area contributed by atoms with Crippen LogP contribution in [-0.2, 0) is 0 Å². The van der Waals surface area contributed by atoms with Gasteiger partial charge in [-0.05, 0) is 18.4 Å². The fraction of sp³-hybridized carbons (Fsp3) is 0.417. The Hall–Kier alpha value is -2.38. The number of nitro benzene ring substituents is 1. The summed E-state index contributed by atoms with van der Waals surface area (Å²) in [4.78, 5) is 22.1. The van der Waals surface area contributed by atoms with Crippen molar-refractivity contribution < 1.29 is 19.2 Å². The van der Waals surface area contributed by atoms with Gasteiger partial charge in [-0.15, -0.1) is 0 Å². The second-order valence-corrected chi connectivity index (χ2v) is 4.68. The van der Waals surface area contributed by atoms with Gasteiger partial charge in [-0.1, -0.05) is 0 Å². The molecule has 2 N–H and O–H groups in total. The Morgan fingerprint density at radius 3 is 2.95 bits per heavy atom. The summed E-state index contributed by atoms with van der Waals surface area (Å²) in [5.74, 6) is -0.522. The second kappa shape index (κ2) is 5.72. The van der Waals surface area contributed by atoms with Gasteiger partial charge in [-0.25, -0.2) is 9.18 Å². The first kappa shape index (κ1) is 14.0. The van der Waals surface area contributed by atoms with Crippen LogP contribution in [-0.4, -0.2) is 35.8 Å². The lowest BCUT2D eigenvalue weighted by atomic mass is 10.1. The molecular weight excluding hydrogens is 269 g/mol. The first-order chi connectivity index (χ1) is 9.47. The van der Waals surface area contributed by atoms with Crippen LogP contribution in [0.2, 0.25) is 0 Å². The van der Waals surface area contributed by atoms with E-state index < -0.39 is 16.8 Å². The van der Waals surface area contributed by atoms with Crippen LogP contribution in [0.1, 0.15) is 6.42 Å². The fourth-order valence-corrected chi connectivity index (χ4v) is 2.32. The lowest BCUT2D eigenvalue weighted by Gasteiger charge is -2.19. The zero-order chi connectivity index (χ0) is 14.7. The average Bonchev–Trinajstić information content (AvgIpc) is 2.84. The SMILES string of the molecule is O=C(O)NC[C@H]1CCN(c2ccc([N+](=O)[O-])cc2F)C1. The lowest BCUT2D eigenvalue weighted by molar-refractivity contribution is -0.385. The van der Waals surface area contributed by atoms with Gasteiger partial charge in [-0.2, -0.15) is 0 Å². The van der Waals surface area contributed by atoms with E-state index in [4.69, 9.17) is 5.11 Å². The molecule has 0 radical (unpaired) electrons. The Morgan fingerprint density at radius 1 is 1.60 bits per heavy atom. The number of rotatable bonds is 4. The minimum absolute atomic E-state index is 0.112. The molecule has 0 aromatic heterocycles. The highest BCUT2D eigenvalue weighted by atomic mass is 19.1. The van der Waals surface area contributed by atoms with Crippen molar-refractivity contribution in [3.05, 3.63) is 34.1 Å². The molecule has 1 heterocycles. The summed E-state index contributed by atoms with van der Waals surface area (Å²) in [6.07, 6.45) is -0.332. The molecule has 1 amide bonds. The standard InChI is InChI=1S/C12H14FN3O4/c13-10-5-9(16(19)20)1-2-11(10)15-4-3-8(7-15)6-14-12(17)18/h1-2,5,8,14H,3-4,6-7H2,(H,17,18)/t8-/m1/s1. The average molecular weight is 283 g/mol. The molecule has 1 aliphatic rings. The summed E-state index contributed by atoms with van der Waals surface area (Å²) >= 11 is 0. The van der Waals surface area contributed by atoms with Crippen LogP contribution >= 0.6 is 0 Å². The molecule has 1 atom stereocenters. The van der Waals surface area contributed by atoms with E-state index in [1.165, 1.54) is 12.1 Å². The summed E-state index contributed by atoms with van der Waals surface area (Å²) in [5, 5.41) is 21.4. The summed E-state index contributed by atoms with van der Waals surface area (Å²) in [6.45, 7) is 1.44. The van der Waals surface area contributed by atoms with E-state index in [2.05, 4.69) is 5.32 Å². The molecule has 20 heavy (non-hydrogen) atoms. The van der Waals surface area contributed by atoms with Gasteiger partial charge in [0, 0.05) is 25.7 Å². The highest BCUT2D eigenvalue weighted by Crippen LogP contribution is 2.28. The minimum atomic E-state index is -1.08. The Labute approximate surface area is 114 Å². The Morgan fingerprint density at radius 2 is 2.35 bits per heavy atom. The normalized spacial score (nSPS) is 18.1. The third-order valence-corrected chi connectivity index (χ3v) is 3.31. The second-order valence-electron chi connectivity index (χ2n) is 4.68. The molecule has 1 fully saturated rings. The van der Waals surface area contributed by atoms with Crippen molar-refractivity contribution in [1.29, 1.82) is 0 Å². The fourth-order valence-electron chi connectivity index (χ4n) is 2.32. The van der Waals surface area contributed by atoms with Crippen molar-refractivity contribution in [2.75, 3.05) is 24.5 Å². The topological polar surface area (TPSA) is 95.7 Å². The molecule has 0 spiro atoms. The van der Waals surface area contributed by atoms with Crippen LogP contribution in [0.15, 0.2) is 18.2 Å². The number of benzene rings is 1. The summed E-state index contributed by atoms with van der Waals surface area (Å²) in [7, 11) is 0. The molecule has 1 saturated heterocycles. The predicted molar refractivity (Wildman–Crippen MR) is 69.4 cm³/mol. The van der Waals surface area contributed by atoms with Gasteiger partial charge in [0.25, 0.3) is 5.69 Å². The van der Waals surface area contributed by atoms with Crippen molar-refractivity contribution in [2.45, 2.75) is 6.42 Å². The van der Waals surface area contributed by atoms with Crippen LogP contribution in [0, 0.1) is 21.8 Å². The molecule has 2 rings (SSSR count). The van der Waals surface area contributed by atoms with Crippen molar-refractivity contribution in [3.63, 3.8) is 0 Å². The van der Waals surface area contributed by atoms with Gasteiger partial charge in [-0.3, -0.25) is 10.1 Å². The van der Waals surface area contributed by atoms with Crippen LogP contribution < -0.4 is 10.2 Å². The van der Waals surface area contributed by atoms with Crippen LogP contribution in [0.25, 0.3) is 0 Å². The van der Waals surface area contributed by atoms with Gasteiger partial charge >= 0.3 is 6.09 Å². The molecule has 1 aliphatic heterocycles. The van der Waals surface area contributed by atoms with Gasteiger partial charge < -0.3 is 15.3 Å². The molecule has 1 aromatic rings. The molecule has 0 aliphatic carbocycles. The van der Waals surface area contributed by atoms with Crippen LogP contribution in [0.5, 0.6) is 0 Å². The lowest BCUT2D eigenvalue weighted by Crippen LogP contribution is -2.29. The van der Waals surface area contributed by atoms with Crippen molar-refractivity contribution >= 4 is 17.5 Å². The highest BCUT2D eigenvalue weighted by molar-refractivity contribution is 5.64. The largest absolute Gasteiger partial charge is 0.465 e. The maximum atomic E-state index is 13.8. The number of nitrogens with zero attached hydrogens (tertiary/aromatic N) is 2. The zero-order valence-corrected chi connectivity index (χ0v) is 10.6. The quantitative estimate of drug-likeness (QED) is 0.649. The third-order valence-electron chi connectivity index (χ3n) is 3.31. The monoisotopic (exact) mass is 283 g/mol. The van der Waals surface area contributed by atoms with E-state index in [0.717, 1.165) is 12.5 Å².